The van der Waals surface area contributed by atoms with E-state index >= 15 is 0 Å². The van der Waals surface area contributed by atoms with Gasteiger partial charge in [0.1, 0.15) is 5.60 Å². The fourth-order valence-electron chi connectivity index (χ4n) is 2.88. The van der Waals surface area contributed by atoms with Gasteiger partial charge in [-0.3, -0.25) is 4.79 Å². The van der Waals surface area contributed by atoms with Crippen molar-refractivity contribution in [3.63, 3.8) is 0 Å². The molecule has 1 amide bonds. The molecule has 3 rings (SSSR count). The van der Waals surface area contributed by atoms with E-state index in [1.165, 1.54) is 5.39 Å². The average molecular weight is 318 g/mol. The number of hydrogen-bond acceptors (Lipinski definition) is 3. The zero-order valence-electron chi connectivity index (χ0n) is 12.8. The third-order valence-corrected chi connectivity index (χ3v) is 5.22. The maximum Gasteiger partial charge on any atom is 0.256 e. The number of aromatic nitrogens is 1. The molecule has 1 saturated heterocycles. The van der Waals surface area contributed by atoms with Gasteiger partial charge in [-0.25, -0.2) is 0 Å². The van der Waals surface area contributed by atoms with Gasteiger partial charge < -0.3 is 15.0 Å². The van der Waals surface area contributed by atoms with Crippen molar-refractivity contribution >= 4 is 34.3 Å². The molecule has 1 aromatic carbocycles. The van der Waals surface area contributed by atoms with Gasteiger partial charge >= 0.3 is 0 Å². The smallest absolute Gasteiger partial charge is 0.256 e. The second-order valence-electron chi connectivity index (χ2n) is 5.88. The summed E-state index contributed by atoms with van der Waals surface area (Å²) in [7, 11) is 0. The number of nitrogens with one attached hydrogen (secondary N) is 1. The highest BCUT2D eigenvalue weighted by molar-refractivity contribution is 7.99. The van der Waals surface area contributed by atoms with E-state index in [9.17, 15) is 9.90 Å². The average Bonchev–Trinajstić information content (AvgIpc) is 2.91. The number of nitrogens with zero attached hydrogens (tertiary/aromatic N) is 1. The number of thioether (sulfide) groups is 1. The number of carbonyl (C=O) groups excluding carboxylic acids is 1. The van der Waals surface area contributed by atoms with Crippen molar-refractivity contribution in [1.82, 2.24) is 4.57 Å². The van der Waals surface area contributed by atoms with Crippen molar-refractivity contribution in [2.75, 3.05) is 16.8 Å². The Morgan fingerprint density at radius 1 is 1.36 bits per heavy atom. The first-order valence-electron chi connectivity index (χ1n) is 7.83. The molecule has 0 radical (unpaired) electrons. The van der Waals surface area contributed by atoms with Crippen LogP contribution in [-0.2, 0) is 11.3 Å². The fraction of sp³-hybridized carbons (Fsp3) is 0.471. The van der Waals surface area contributed by atoms with E-state index in [1.807, 2.05) is 18.2 Å². The zero-order valence-corrected chi connectivity index (χ0v) is 13.7. The molecule has 1 fully saturated rings. The number of carbonyl (C=O) groups is 1. The molecule has 0 saturated carbocycles. The SMILES string of the molecule is CCCn1ccc2ccc(NC(=O)C3(O)CCSCC3)cc21. The predicted octanol–water partition coefficient (Wildman–Crippen LogP) is 3.25. The number of benzene rings is 1. The van der Waals surface area contributed by atoms with Crippen LogP contribution in [-0.4, -0.2) is 32.7 Å². The van der Waals surface area contributed by atoms with Crippen LogP contribution in [0.5, 0.6) is 0 Å². The van der Waals surface area contributed by atoms with Crippen LogP contribution in [0.25, 0.3) is 10.9 Å². The van der Waals surface area contributed by atoms with Gasteiger partial charge in [0.05, 0.1) is 5.52 Å². The van der Waals surface area contributed by atoms with Crippen LogP contribution < -0.4 is 5.32 Å². The summed E-state index contributed by atoms with van der Waals surface area (Å²) >= 11 is 1.79. The summed E-state index contributed by atoms with van der Waals surface area (Å²) in [6, 6.07) is 7.99. The minimum Gasteiger partial charge on any atom is -0.380 e. The molecule has 0 unspecified atom stereocenters. The lowest BCUT2D eigenvalue weighted by atomic mass is 9.95. The number of aryl methyl sites for hydroxylation is 1. The van der Waals surface area contributed by atoms with Gasteiger partial charge in [-0.05, 0) is 54.4 Å². The van der Waals surface area contributed by atoms with E-state index in [0.29, 0.717) is 12.8 Å². The van der Waals surface area contributed by atoms with Crippen molar-refractivity contribution < 1.29 is 9.90 Å². The zero-order chi connectivity index (χ0) is 15.6. The molecule has 1 aromatic heterocycles. The Balaban J connectivity index is 1.81. The van der Waals surface area contributed by atoms with Crippen LogP contribution in [0.1, 0.15) is 26.2 Å². The summed E-state index contributed by atoms with van der Waals surface area (Å²) < 4.78 is 2.19. The second kappa shape index (κ2) is 6.34. The number of rotatable bonds is 4. The lowest BCUT2D eigenvalue weighted by Gasteiger charge is -2.30. The molecule has 0 bridgehead atoms. The third-order valence-electron chi connectivity index (χ3n) is 4.24. The highest BCUT2D eigenvalue weighted by Crippen LogP contribution is 2.29. The summed E-state index contributed by atoms with van der Waals surface area (Å²) in [5.74, 6) is 1.39. The third kappa shape index (κ3) is 3.01. The van der Waals surface area contributed by atoms with Gasteiger partial charge in [0.15, 0.2) is 0 Å². The number of aliphatic hydroxyl groups is 1. The summed E-state index contributed by atoms with van der Waals surface area (Å²) in [5, 5.41) is 14.5. The molecule has 0 atom stereocenters. The monoisotopic (exact) mass is 318 g/mol. The first-order valence-corrected chi connectivity index (χ1v) is 8.98. The molecule has 4 nitrogen and oxygen atoms in total. The quantitative estimate of drug-likeness (QED) is 0.910. The molecular weight excluding hydrogens is 296 g/mol. The normalized spacial score (nSPS) is 17.5. The highest BCUT2D eigenvalue weighted by Gasteiger charge is 2.37. The highest BCUT2D eigenvalue weighted by atomic mass is 32.2. The summed E-state index contributed by atoms with van der Waals surface area (Å²) in [6.07, 6.45) is 4.19. The molecular formula is C17H22N2O2S. The molecule has 22 heavy (non-hydrogen) atoms. The van der Waals surface area contributed by atoms with Crippen LogP contribution >= 0.6 is 11.8 Å². The largest absolute Gasteiger partial charge is 0.380 e. The van der Waals surface area contributed by atoms with E-state index < -0.39 is 5.60 Å². The molecule has 5 heteroatoms. The van der Waals surface area contributed by atoms with Crippen LogP contribution in [0.4, 0.5) is 5.69 Å². The van der Waals surface area contributed by atoms with Crippen molar-refractivity contribution in [1.29, 1.82) is 0 Å². The first-order chi connectivity index (χ1) is 10.6. The molecule has 2 N–H and O–H groups in total. The maximum atomic E-state index is 12.4. The number of amides is 1. The van der Waals surface area contributed by atoms with Crippen molar-refractivity contribution in [3.8, 4) is 0 Å². The van der Waals surface area contributed by atoms with Crippen LogP contribution in [0, 0.1) is 0 Å². The molecule has 0 aliphatic carbocycles. The van der Waals surface area contributed by atoms with Gasteiger partial charge in [-0.2, -0.15) is 11.8 Å². The van der Waals surface area contributed by atoms with E-state index in [-0.39, 0.29) is 5.91 Å². The van der Waals surface area contributed by atoms with Gasteiger partial charge in [-0.15, -0.1) is 0 Å². The molecule has 1 aliphatic rings. The maximum absolute atomic E-state index is 12.4. The second-order valence-corrected chi connectivity index (χ2v) is 7.11. The number of anilines is 1. The fourth-order valence-corrected chi connectivity index (χ4v) is 4.05. The first kappa shape index (κ1) is 15.4. The van der Waals surface area contributed by atoms with Crippen molar-refractivity contribution in [2.45, 2.75) is 38.3 Å². The minimum absolute atomic E-state index is 0.277. The number of hydrogen-bond donors (Lipinski definition) is 2. The van der Waals surface area contributed by atoms with Crippen LogP contribution in [0.2, 0.25) is 0 Å². The standard InChI is InChI=1S/C17H22N2O2S/c1-2-8-19-9-5-13-3-4-14(12-15(13)19)18-16(20)17(21)6-10-22-11-7-17/h3-5,9,12,21H,2,6-8,10-11H2,1H3,(H,18,20). The Bertz CT molecular complexity index is 674. The van der Waals surface area contributed by atoms with Crippen LogP contribution in [0.3, 0.4) is 0 Å². The van der Waals surface area contributed by atoms with Crippen molar-refractivity contribution in [2.24, 2.45) is 0 Å². The Labute approximate surface area is 134 Å². The summed E-state index contributed by atoms with van der Waals surface area (Å²) in [5.41, 5.74) is 0.650. The predicted molar refractivity (Wildman–Crippen MR) is 92.4 cm³/mol. The summed E-state index contributed by atoms with van der Waals surface area (Å²) in [6.45, 7) is 3.11. The summed E-state index contributed by atoms with van der Waals surface area (Å²) in [4.78, 5) is 12.4. The molecule has 2 aromatic rings. The Morgan fingerprint density at radius 2 is 2.14 bits per heavy atom. The van der Waals surface area contributed by atoms with E-state index in [2.05, 4.69) is 29.1 Å². The molecule has 0 spiro atoms. The Kier molecular flexibility index (Phi) is 4.45. The molecule has 1 aliphatic heterocycles. The topological polar surface area (TPSA) is 54.3 Å². The Morgan fingerprint density at radius 3 is 2.86 bits per heavy atom. The van der Waals surface area contributed by atoms with E-state index in [1.54, 1.807) is 11.8 Å². The van der Waals surface area contributed by atoms with Gasteiger partial charge in [0.25, 0.3) is 5.91 Å². The van der Waals surface area contributed by atoms with Gasteiger partial charge in [-0.1, -0.05) is 13.0 Å². The molecule has 2 heterocycles. The van der Waals surface area contributed by atoms with Crippen LogP contribution in [0.15, 0.2) is 30.5 Å². The molecule has 118 valence electrons. The van der Waals surface area contributed by atoms with Gasteiger partial charge in [0, 0.05) is 18.4 Å². The number of fused-ring (bicyclic) bond motifs is 1. The lowest BCUT2D eigenvalue weighted by Crippen LogP contribution is -2.45. The lowest BCUT2D eigenvalue weighted by molar-refractivity contribution is -0.134. The minimum atomic E-state index is -1.22. The van der Waals surface area contributed by atoms with E-state index in [4.69, 9.17) is 0 Å². The van der Waals surface area contributed by atoms with Crippen molar-refractivity contribution in [3.05, 3.63) is 30.5 Å². The Hall–Kier alpha value is -1.46. The van der Waals surface area contributed by atoms with Gasteiger partial charge in [0.2, 0.25) is 0 Å². The van der Waals surface area contributed by atoms with E-state index in [0.717, 1.165) is 35.7 Å².